The van der Waals surface area contributed by atoms with Gasteiger partial charge in [-0.25, -0.2) is 0 Å². The van der Waals surface area contributed by atoms with Crippen LogP contribution in [-0.4, -0.2) is 47.4 Å². The Labute approximate surface area is 150 Å². The number of nitrogens with one attached hydrogen (secondary N) is 1. The van der Waals surface area contributed by atoms with Crippen LogP contribution in [0.15, 0.2) is 0 Å². The Balaban J connectivity index is 2.30. The van der Waals surface area contributed by atoms with Crippen LogP contribution >= 0.6 is 0 Å². The second kappa shape index (κ2) is 6.13. The van der Waals surface area contributed by atoms with Crippen molar-refractivity contribution < 1.29 is 27.6 Å². The van der Waals surface area contributed by atoms with E-state index in [1.807, 2.05) is 20.8 Å². The maximum atomic E-state index is 12.9. The van der Waals surface area contributed by atoms with Gasteiger partial charge in [-0.15, -0.1) is 0 Å². The van der Waals surface area contributed by atoms with Crippen LogP contribution in [0.4, 0.5) is 13.2 Å². The van der Waals surface area contributed by atoms with E-state index in [9.17, 15) is 27.6 Å². The molecule has 1 heterocycles. The van der Waals surface area contributed by atoms with Crippen LogP contribution in [0.25, 0.3) is 0 Å². The van der Waals surface area contributed by atoms with Crippen molar-refractivity contribution in [1.29, 1.82) is 0 Å². The monoisotopic (exact) mass is 377 g/mol. The molecule has 6 nitrogen and oxygen atoms in total. The van der Waals surface area contributed by atoms with Gasteiger partial charge in [-0.3, -0.25) is 14.4 Å². The number of fused-ring (bicyclic) bond motifs is 1. The van der Waals surface area contributed by atoms with Crippen LogP contribution < -0.4 is 11.1 Å². The minimum atomic E-state index is -5.09. The average molecular weight is 377 g/mol. The predicted molar refractivity (Wildman–Crippen MR) is 87.5 cm³/mol. The number of carbonyl (C=O) groups excluding carboxylic acids is 3. The highest BCUT2D eigenvalue weighted by Gasteiger charge is 2.79. The zero-order valence-corrected chi connectivity index (χ0v) is 15.6. The van der Waals surface area contributed by atoms with Crippen LogP contribution in [0.3, 0.4) is 0 Å². The van der Waals surface area contributed by atoms with Crippen LogP contribution in [0.1, 0.15) is 41.0 Å². The molecule has 2 rings (SSSR count). The first-order chi connectivity index (χ1) is 11.7. The molecule has 0 bridgehead atoms. The molecule has 1 aliphatic carbocycles. The molecular weight excluding hydrogens is 351 g/mol. The van der Waals surface area contributed by atoms with E-state index in [1.165, 1.54) is 18.7 Å². The first-order valence-electron chi connectivity index (χ1n) is 8.71. The Kier molecular flexibility index (Phi) is 4.83. The molecule has 0 aromatic carbocycles. The lowest BCUT2D eigenvalue weighted by Gasteiger charge is -2.36. The molecule has 148 valence electrons. The van der Waals surface area contributed by atoms with Crippen LogP contribution in [-0.2, 0) is 14.4 Å². The van der Waals surface area contributed by atoms with Crippen LogP contribution in [0.5, 0.6) is 0 Å². The summed E-state index contributed by atoms with van der Waals surface area (Å²) >= 11 is 0. The number of likely N-dealkylation sites (tertiary alicyclic amines) is 1. The second-order valence-electron chi connectivity index (χ2n) is 8.16. The molecule has 0 radical (unpaired) electrons. The van der Waals surface area contributed by atoms with E-state index in [2.05, 4.69) is 0 Å². The summed E-state index contributed by atoms with van der Waals surface area (Å²) in [6.45, 7) is 9.24. The third kappa shape index (κ3) is 2.75. The third-order valence-corrected chi connectivity index (χ3v) is 6.40. The summed E-state index contributed by atoms with van der Waals surface area (Å²) in [6, 6.07) is -2.26. The Hall–Kier alpha value is -1.80. The number of amides is 3. The fourth-order valence-corrected chi connectivity index (χ4v) is 4.95. The number of nitrogens with zero attached hydrogens (tertiary/aromatic N) is 1. The fourth-order valence-electron chi connectivity index (χ4n) is 4.95. The van der Waals surface area contributed by atoms with Crippen molar-refractivity contribution >= 4 is 17.7 Å². The van der Waals surface area contributed by atoms with Gasteiger partial charge in [0, 0.05) is 12.0 Å². The lowest BCUT2D eigenvalue weighted by molar-refractivity contribution is -0.175. The van der Waals surface area contributed by atoms with E-state index < -0.39 is 47.3 Å². The highest BCUT2D eigenvalue weighted by molar-refractivity contribution is 5.94. The predicted octanol–water partition coefficient (Wildman–Crippen LogP) is 1.44. The van der Waals surface area contributed by atoms with E-state index in [0.717, 1.165) is 0 Å². The second-order valence-corrected chi connectivity index (χ2v) is 8.16. The van der Waals surface area contributed by atoms with Gasteiger partial charge in [-0.1, -0.05) is 34.6 Å². The summed E-state index contributed by atoms with van der Waals surface area (Å²) in [5.41, 5.74) is 4.92. The molecule has 3 unspecified atom stereocenters. The van der Waals surface area contributed by atoms with Crippen molar-refractivity contribution in [2.24, 2.45) is 28.4 Å². The summed E-state index contributed by atoms with van der Waals surface area (Å²) in [5, 5.41) is 1.77. The highest BCUT2D eigenvalue weighted by Crippen LogP contribution is 2.76. The lowest BCUT2D eigenvalue weighted by Crippen LogP contribution is -2.59. The Morgan fingerprint density at radius 3 is 2.19 bits per heavy atom. The number of hydrogen-bond acceptors (Lipinski definition) is 3. The fraction of sp³-hybridized carbons (Fsp3) is 0.824. The van der Waals surface area contributed by atoms with E-state index in [0.29, 0.717) is 6.42 Å². The van der Waals surface area contributed by atoms with Crippen molar-refractivity contribution in [3.05, 3.63) is 0 Å². The van der Waals surface area contributed by atoms with E-state index >= 15 is 0 Å². The number of hydrogen-bond donors (Lipinski definition) is 2. The van der Waals surface area contributed by atoms with Crippen LogP contribution in [0, 0.1) is 22.7 Å². The van der Waals surface area contributed by atoms with Gasteiger partial charge in [0.15, 0.2) is 0 Å². The number of nitrogens with two attached hydrogens (primary N) is 1. The molecule has 0 aromatic heterocycles. The molecule has 0 aromatic rings. The minimum Gasteiger partial charge on any atom is -0.368 e. The largest absolute Gasteiger partial charge is 0.471 e. The number of rotatable bonds is 5. The number of carbonyl (C=O) groups is 3. The van der Waals surface area contributed by atoms with Crippen molar-refractivity contribution in [1.82, 2.24) is 10.2 Å². The highest BCUT2D eigenvalue weighted by atomic mass is 19.4. The van der Waals surface area contributed by atoms with E-state index in [1.54, 1.807) is 5.32 Å². The molecule has 0 spiro atoms. The summed E-state index contributed by atoms with van der Waals surface area (Å²) < 4.78 is 37.8. The van der Waals surface area contributed by atoms with E-state index in [-0.39, 0.29) is 17.9 Å². The topological polar surface area (TPSA) is 92.5 Å². The number of alkyl halides is 3. The SMILES string of the molecule is CCC12C(C(N)=O)N(C(=O)[C@@H](NC(=O)C(F)(F)F)C(C)C)CC1C2(C)C. The van der Waals surface area contributed by atoms with Crippen molar-refractivity contribution in [3.63, 3.8) is 0 Å². The third-order valence-electron chi connectivity index (χ3n) is 6.40. The van der Waals surface area contributed by atoms with E-state index in [4.69, 9.17) is 5.73 Å². The number of halogens is 3. The van der Waals surface area contributed by atoms with Gasteiger partial charge in [0.1, 0.15) is 12.1 Å². The van der Waals surface area contributed by atoms with Gasteiger partial charge in [0.05, 0.1) is 0 Å². The van der Waals surface area contributed by atoms with Crippen molar-refractivity contribution in [3.8, 4) is 0 Å². The smallest absolute Gasteiger partial charge is 0.368 e. The molecule has 3 N–H and O–H groups in total. The normalized spacial score (nSPS) is 30.7. The van der Waals surface area contributed by atoms with Gasteiger partial charge < -0.3 is 16.0 Å². The Bertz CT molecular complexity index is 632. The van der Waals surface area contributed by atoms with Gasteiger partial charge >= 0.3 is 12.1 Å². The molecule has 1 saturated heterocycles. The van der Waals surface area contributed by atoms with Gasteiger partial charge in [-0.05, 0) is 23.7 Å². The van der Waals surface area contributed by atoms with Crippen molar-refractivity contribution in [2.45, 2.75) is 59.3 Å². The number of primary amides is 1. The number of piperidine rings is 1. The first-order valence-corrected chi connectivity index (χ1v) is 8.71. The maximum Gasteiger partial charge on any atom is 0.471 e. The average Bonchev–Trinajstić information content (AvgIpc) is 2.82. The summed E-state index contributed by atoms with van der Waals surface area (Å²) in [5.74, 6) is -4.07. The van der Waals surface area contributed by atoms with Gasteiger partial charge in [0.25, 0.3) is 0 Å². The molecule has 4 atom stereocenters. The summed E-state index contributed by atoms with van der Waals surface area (Å²) in [6.07, 6.45) is -4.46. The molecule has 2 aliphatic rings. The first kappa shape index (κ1) is 20.5. The Morgan fingerprint density at radius 2 is 1.81 bits per heavy atom. The Morgan fingerprint density at radius 1 is 1.27 bits per heavy atom. The quantitative estimate of drug-likeness (QED) is 0.759. The van der Waals surface area contributed by atoms with Crippen molar-refractivity contribution in [2.75, 3.05) is 6.54 Å². The molecule has 9 heteroatoms. The standard InChI is InChI=1S/C17H26F3N3O3/c1-6-16-9(15(16,4)5)7-23(11(16)12(21)24)13(25)10(8(2)3)22-14(26)17(18,19)20/h8-11H,6-7H2,1-5H3,(H2,21,24)(H,22,26)/t9?,10-,11?,16?/m0/s1. The van der Waals surface area contributed by atoms with Gasteiger partial charge in [-0.2, -0.15) is 13.2 Å². The molecule has 3 amide bonds. The minimum absolute atomic E-state index is 0.0487. The molecule has 1 aliphatic heterocycles. The zero-order chi connectivity index (χ0) is 20.2. The molecular formula is C17H26F3N3O3. The van der Waals surface area contributed by atoms with Gasteiger partial charge in [0.2, 0.25) is 11.8 Å². The molecule has 26 heavy (non-hydrogen) atoms. The molecule has 2 fully saturated rings. The lowest BCUT2D eigenvalue weighted by atomic mass is 9.84. The molecule has 1 saturated carbocycles. The van der Waals surface area contributed by atoms with Crippen LogP contribution in [0.2, 0.25) is 0 Å². The summed E-state index contributed by atoms with van der Waals surface area (Å²) in [7, 11) is 0. The summed E-state index contributed by atoms with van der Waals surface area (Å²) in [4.78, 5) is 37.7. The zero-order valence-electron chi connectivity index (χ0n) is 15.6. The maximum absolute atomic E-state index is 12.9.